The van der Waals surface area contributed by atoms with Gasteiger partial charge in [-0.3, -0.25) is 19.3 Å². The van der Waals surface area contributed by atoms with E-state index in [1.165, 1.54) is 12.8 Å². The predicted octanol–water partition coefficient (Wildman–Crippen LogP) is 4.66. The van der Waals surface area contributed by atoms with E-state index in [9.17, 15) is 14.7 Å². The zero-order valence-electron chi connectivity index (χ0n) is 20.1. The summed E-state index contributed by atoms with van der Waals surface area (Å²) >= 11 is 0. The Bertz CT molecular complexity index is 1320. The highest BCUT2D eigenvalue weighted by molar-refractivity contribution is 6.07. The lowest BCUT2D eigenvalue weighted by Gasteiger charge is -2.27. The minimum atomic E-state index is -0.748. The molecule has 2 aliphatic rings. The van der Waals surface area contributed by atoms with Crippen LogP contribution in [0.2, 0.25) is 0 Å². The van der Waals surface area contributed by atoms with E-state index in [0.29, 0.717) is 37.2 Å². The highest BCUT2D eigenvalue weighted by Gasteiger charge is 2.28. The number of rotatable bonds is 6. The second-order valence-electron chi connectivity index (χ2n) is 9.71. The number of benzene rings is 1. The van der Waals surface area contributed by atoms with E-state index in [4.69, 9.17) is 0 Å². The molecule has 0 bridgehead atoms. The van der Waals surface area contributed by atoms with Crippen molar-refractivity contribution in [3.63, 3.8) is 0 Å². The van der Waals surface area contributed by atoms with Crippen LogP contribution >= 0.6 is 0 Å². The third kappa shape index (κ3) is 4.66. The summed E-state index contributed by atoms with van der Waals surface area (Å²) in [4.78, 5) is 29.4. The Hall–Kier alpha value is -3.66. The van der Waals surface area contributed by atoms with Crippen molar-refractivity contribution < 1.29 is 14.7 Å². The Morgan fingerprint density at radius 3 is 2.49 bits per heavy atom. The first-order valence-electron chi connectivity index (χ1n) is 12.4. The minimum Gasteiger partial charge on any atom is -0.481 e. The molecule has 0 radical (unpaired) electrons. The van der Waals surface area contributed by atoms with Crippen LogP contribution in [0.1, 0.15) is 91.5 Å². The summed E-state index contributed by atoms with van der Waals surface area (Å²) in [6.07, 6.45) is 8.63. The van der Waals surface area contributed by atoms with Gasteiger partial charge in [-0.15, -0.1) is 5.92 Å². The molecule has 2 N–H and O–H groups in total. The summed E-state index contributed by atoms with van der Waals surface area (Å²) < 4.78 is 1.89. The molecule has 1 amide bonds. The number of amides is 1. The largest absolute Gasteiger partial charge is 0.481 e. The van der Waals surface area contributed by atoms with Gasteiger partial charge in [0, 0.05) is 34.8 Å². The lowest BCUT2D eigenvalue weighted by Crippen LogP contribution is -2.39. The molecule has 7 nitrogen and oxygen atoms in total. The van der Waals surface area contributed by atoms with E-state index >= 15 is 0 Å². The van der Waals surface area contributed by atoms with E-state index in [-0.39, 0.29) is 23.9 Å². The number of nitrogens with one attached hydrogen (secondary N) is 1. The highest BCUT2D eigenvalue weighted by atomic mass is 16.4. The monoisotopic (exact) mass is 470 g/mol. The molecule has 2 aromatic heterocycles. The van der Waals surface area contributed by atoms with Crippen molar-refractivity contribution in [2.45, 2.75) is 70.4 Å². The number of carboxylic acids is 1. The maximum Gasteiger partial charge on any atom is 0.306 e. The number of hydrogen-bond acceptors (Lipinski definition) is 4. The van der Waals surface area contributed by atoms with Gasteiger partial charge in [0.25, 0.3) is 5.91 Å². The molecule has 7 heteroatoms. The summed E-state index contributed by atoms with van der Waals surface area (Å²) in [7, 11) is 0. The molecule has 0 aliphatic heterocycles. The number of nitrogens with zero attached hydrogens (tertiary/aromatic N) is 3. The predicted molar refractivity (Wildman–Crippen MR) is 133 cm³/mol. The van der Waals surface area contributed by atoms with Crippen LogP contribution in [0, 0.1) is 17.8 Å². The van der Waals surface area contributed by atoms with Crippen LogP contribution in [0.25, 0.3) is 10.9 Å². The van der Waals surface area contributed by atoms with Crippen LogP contribution in [0.3, 0.4) is 0 Å². The van der Waals surface area contributed by atoms with Gasteiger partial charge in [-0.2, -0.15) is 5.10 Å². The average molecular weight is 471 g/mol. The molecule has 1 aromatic carbocycles. The van der Waals surface area contributed by atoms with E-state index in [0.717, 1.165) is 27.7 Å². The maximum atomic E-state index is 13.4. The van der Waals surface area contributed by atoms with E-state index in [1.807, 2.05) is 23.0 Å². The average Bonchev–Trinajstić information content (AvgIpc) is 3.62. The molecule has 2 heterocycles. The molecule has 35 heavy (non-hydrogen) atoms. The second kappa shape index (κ2) is 9.53. The van der Waals surface area contributed by atoms with Crippen molar-refractivity contribution in [2.75, 3.05) is 0 Å². The van der Waals surface area contributed by atoms with Crippen LogP contribution in [0.4, 0.5) is 0 Å². The van der Waals surface area contributed by atoms with Gasteiger partial charge >= 0.3 is 5.97 Å². The van der Waals surface area contributed by atoms with Gasteiger partial charge in [-0.05, 0) is 76.1 Å². The Kier molecular flexibility index (Phi) is 6.29. The SMILES string of the molecule is CC#Cc1ccc(C(=O)NC2CCC(C(=O)O)CC2)c2c1cnn2C(C)c1ccc(C2CC2)nc1. The van der Waals surface area contributed by atoms with Gasteiger partial charge in [0.2, 0.25) is 0 Å². The third-order valence-corrected chi connectivity index (χ3v) is 7.33. The van der Waals surface area contributed by atoms with Crippen LogP contribution in [-0.2, 0) is 4.79 Å². The first-order chi connectivity index (χ1) is 17.0. The Morgan fingerprint density at radius 1 is 1.09 bits per heavy atom. The van der Waals surface area contributed by atoms with Gasteiger partial charge in [-0.25, -0.2) is 0 Å². The topological polar surface area (TPSA) is 97.1 Å². The smallest absolute Gasteiger partial charge is 0.306 e. The number of fused-ring (bicyclic) bond motifs is 1. The number of aliphatic carboxylic acids is 1. The van der Waals surface area contributed by atoms with Crippen molar-refractivity contribution in [1.82, 2.24) is 20.1 Å². The summed E-state index contributed by atoms with van der Waals surface area (Å²) in [5.74, 6) is 5.45. The Balaban J connectivity index is 1.46. The zero-order valence-corrected chi connectivity index (χ0v) is 20.1. The molecule has 3 aromatic rings. The van der Waals surface area contributed by atoms with Crippen molar-refractivity contribution in [1.29, 1.82) is 0 Å². The molecule has 2 fully saturated rings. The van der Waals surface area contributed by atoms with Gasteiger partial charge < -0.3 is 10.4 Å². The molecule has 1 unspecified atom stereocenters. The fraction of sp³-hybridized carbons (Fsp3) is 0.429. The summed E-state index contributed by atoms with van der Waals surface area (Å²) in [5, 5.41) is 17.9. The highest BCUT2D eigenvalue weighted by Crippen LogP contribution is 2.39. The number of aromatic nitrogens is 3. The second-order valence-corrected chi connectivity index (χ2v) is 9.71. The van der Waals surface area contributed by atoms with Crippen molar-refractivity contribution >= 4 is 22.8 Å². The van der Waals surface area contributed by atoms with Crippen LogP contribution in [0.15, 0.2) is 36.7 Å². The molecule has 2 aliphatic carbocycles. The van der Waals surface area contributed by atoms with Crippen LogP contribution in [0.5, 0.6) is 0 Å². The molecule has 2 saturated carbocycles. The number of carbonyl (C=O) groups excluding carboxylic acids is 1. The minimum absolute atomic E-state index is 0.0313. The lowest BCUT2D eigenvalue weighted by molar-refractivity contribution is -0.142. The number of pyridine rings is 1. The molecule has 180 valence electrons. The third-order valence-electron chi connectivity index (χ3n) is 7.33. The van der Waals surface area contributed by atoms with Crippen molar-refractivity contribution in [2.24, 2.45) is 5.92 Å². The van der Waals surface area contributed by atoms with Crippen LogP contribution in [-0.4, -0.2) is 37.8 Å². The van der Waals surface area contributed by atoms with Crippen molar-refractivity contribution in [3.05, 3.63) is 59.0 Å². The molecule has 0 saturated heterocycles. The fourth-order valence-electron chi connectivity index (χ4n) is 5.06. The number of hydrogen-bond donors (Lipinski definition) is 2. The normalized spacial score (nSPS) is 20.6. The quantitative estimate of drug-likeness (QED) is 0.511. The van der Waals surface area contributed by atoms with Gasteiger partial charge in [0.1, 0.15) is 0 Å². The van der Waals surface area contributed by atoms with Gasteiger partial charge in [0.05, 0.1) is 29.2 Å². The van der Waals surface area contributed by atoms with Gasteiger partial charge in [-0.1, -0.05) is 12.0 Å². The zero-order chi connectivity index (χ0) is 24.5. The first kappa shape index (κ1) is 23.1. The molecular formula is C28H30N4O3. The summed E-state index contributed by atoms with van der Waals surface area (Å²) in [5.41, 5.74) is 4.31. The van der Waals surface area contributed by atoms with E-state index in [2.05, 4.69) is 46.3 Å². The Labute approximate surface area is 204 Å². The molecule has 0 spiro atoms. The van der Waals surface area contributed by atoms with E-state index < -0.39 is 5.97 Å². The van der Waals surface area contributed by atoms with Gasteiger partial charge in [0.15, 0.2) is 0 Å². The van der Waals surface area contributed by atoms with E-state index in [1.54, 1.807) is 13.1 Å². The molecule has 5 rings (SSSR count). The standard InChI is InChI=1S/C28H30N4O3/c1-3-4-18-9-13-23(27(33)31-22-11-7-20(8-12-22)28(34)35)26-24(18)16-30-32(26)17(2)21-10-14-25(29-15-21)19-5-6-19/h9-10,13-17,19-20,22H,5-8,11-12H2,1-2H3,(H,31,33)(H,34,35). The maximum absolute atomic E-state index is 13.4. The summed E-state index contributed by atoms with van der Waals surface area (Å²) in [6.45, 7) is 3.85. The number of carbonyl (C=O) groups is 2. The number of carboxylic acid groups (broad SMARTS) is 1. The molecule has 1 atom stereocenters. The molecular weight excluding hydrogens is 440 g/mol. The first-order valence-corrected chi connectivity index (χ1v) is 12.4. The lowest BCUT2D eigenvalue weighted by atomic mass is 9.86. The van der Waals surface area contributed by atoms with Crippen molar-refractivity contribution in [3.8, 4) is 11.8 Å². The Morgan fingerprint density at radius 2 is 1.86 bits per heavy atom. The van der Waals surface area contributed by atoms with Crippen LogP contribution < -0.4 is 5.32 Å². The summed E-state index contributed by atoms with van der Waals surface area (Å²) in [6, 6.07) is 7.75. The fourth-order valence-corrected chi connectivity index (χ4v) is 5.06.